The van der Waals surface area contributed by atoms with Crippen LogP contribution in [0.3, 0.4) is 0 Å². The van der Waals surface area contributed by atoms with E-state index in [1.165, 1.54) is 28.4 Å². The second-order valence-electron chi connectivity index (χ2n) is 7.14. The van der Waals surface area contributed by atoms with Gasteiger partial charge in [-0.25, -0.2) is 14.3 Å². The fraction of sp³-hybridized carbons (Fsp3) is 0.300. The number of carbonyl (C=O) groups excluding carboxylic acids is 2. The molecule has 4 heterocycles. The van der Waals surface area contributed by atoms with Gasteiger partial charge in [-0.1, -0.05) is 30.0 Å². The summed E-state index contributed by atoms with van der Waals surface area (Å²) in [6.07, 6.45) is 2.67. The molecule has 5 rings (SSSR count). The SMILES string of the molecule is O=C(O)C1=C(Sc2ccnn2-c2ccccc2)CS[C@@H]2[C@H](NC(=O)[S+]3CCCS3)C(=O)N12. The van der Waals surface area contributed by atoms with Crippen LogP contribution in [0.5, 0.6) is 0 Å². The molecule has 166 valence electrons. The number of benzene rings is 1. The number of carboxylic acid groups (broad SMARTS) is 1. The van der Waals surface area contributed by atoms with Gasteiger partial charge in [0.25, 0.3) is 5.91 Å². The number of carboxylic acids is 1. The highest BCUT2D eigenvalue weighted by atomic mass is 33.1. The van der Waals surface area contributed by atoms with E-state index in [0.717, 1.165) is 28.6 Å². The van der Waals surface area contributed by atoms with Gasteiger partial charge in [0.05, 0.1) is 11.9 Å². The number of fused-ring (bicyclic) bond motifs is 1. The smallest absolute Gasteiger partial charge is 0.442 e. The Kier molecular flexibility index (Phi) is 6.19. The van der Waals surface area contributed by atoms with Crippen molar-refractivity contribution in [2.45, 2.75) is 22.9 Å². The van der Waals surface area contributed by atoms with Crippen LogP contribution in [0.4, 0.5) is 4.79 Å². The molecule has 1 unspecified atom stereocenters. The van der Waals surface area contributed by atoms with Crippen LogP contribution in [0.1, 0.15) is 6.42 Å². The minimum atomic E-state index is -1.14. The fourth-order valence-electron chi connectivity index (χ4n) is 3.67. The Labute approximate surface area is 199 Å². The number of para-hydroxylation sites is 1. The lowest BCUT2D eigenvalue weighted by Crippen LogP contribution is -2.70. The molecule has 0 spiro atoms. The van der Waals surface area contributed by atoms with E-state index in [0.29, 0.717) is 10.7 Å². The van der Waals surface area contributed by atoms with E-state index in [1.807, 2.05) is 36.4 Å². The van der Waals surface area contributed by atoms with Gasteiger partial charge in [0.2, 0.25) is 0 Å². The third kappa shape index (κ3) is 3.93. The van der Waals surface area contributed by atoms with Gasteiger partial charge >= 0.3 is 11.2 Å². The molecule has 0 aliphatic carbocycles. The minimum absolute atomic E-state index is 0.00671. The molecule has 3 aliphatic heterocycles. The Bertz CT molecular complexity index is 1100. The maximum absolute atomic E-state index is 12.9. The number of rotatable bonds is 5. The van der Waals surface area contributed by atoms with E-state index in [2.05, 4.69) is 10.4 Å². The monoisotopic (exact) mass is 507 g/mol. The lowest BCUT2D eigenvalue weighted by Gasteiger charge is -2.48. The Balaban J connectivity index is 1.37. The summed E-state index contributed by atoms with van der Waals surface area (Å²) in [5.41, 5.74) is 0.861. The third-order valence-electron chi connectivity index (χ3n) is 5.15. The van der Waals surface area contributed by atoms with Crippen molar-refractivity contribution >= 4 is 61.4 Å². The van der Waals surface area contributed by atoms with Gasteiger partial charge in [-0.3, -0.25) is 15.0 Å². The zero-order valence-electron chi connectivity index (χ0n) is 16.7. The number of aromatic nitrogens is 2. The predicted octanol–water partition coefficient (Wildman–Crippen LogP) is 2.92. The summed E-state index contributed by atoms with van der Waals surface area (Å²) in [6, 6.07) is 10.7. The second-order valence-corrected chi connectivity index (χ2v) is 13.4. The number of thioether (sulfide) groups is 2. The quantitative estimate of drug-likeness (QED) is 0.362. The topological polar surface area (TPSA) is 105 Å². The van der Waals surface area contributed by atoms with Crippen molar-refractivity contribution in [3.05, 3.63) is 53.2 Å². The van der Waals surface area contributed by atoms with Gasteiger partial charge < -0.3 is 5.11 Å². The maximum Gasteiger partial charge on any atom is 0.442 e. The lowest BCUT2D eigenvalue weighted by atomic mass is 10.1. The van der Waals surface area contributed by atoms with Crippen molar-refractivity contribution in [3.63, 3.8) is 0 Å². The average Bonchev–Trinajstić information content (AvgIpc) is 3.50. The Hall–Kier alpha value is -2.02. The Morgan fingerprint density at radius 3 is 2.78 bits per heavy atom. The highest BCUT2D eigenvalue weighted by Gasteiger charge is 2.56. The summed E-state index contributed by atoms with van der Waals surface area (Å²) in [7, 11) is 1.22. The predicted molar refractivity (Wildman–Crippen MR) is 129 cm³/mol. The Morgan fingerprint density at radius 1 is 1.25 bits per heavy atom. The summed E-state index contributed by atoms with van der Waals surface area (Å²) in [6.45, 7) is 0. The number of aliphatic carboxylic acids is 1. The molecule has 2 N–H and O–H groups in total. The summed E-state index contributed by atoms with van der Waals surface area (Å²) >= 11 is 2.78. The number of hydrogen-bond donors (Lipinski definition) is 2. The molecular weight excluding hydrogens is 489 g/mol. The molecule has 2 amide bonds. The molecule has 0 bridgehead atoms. The summed E-state index contributed by atoms with van der Waals surface area (Å²) < 4.78 is 1.75. The largest absolute Gasteiger partial charge is 0.477 e. The second kappa shape index (κ2) is 9.08. The molecule has 1 aromatic heterocycles. The number of carbonyl (C=O) groups is 3. The molecule has 3 atom stereocenters. The van der Waals surface area contributed by atoms with E-state index in [4.69, 9.17) is 0 Å². The van der Waals surface area contributed by atoms with Gasteiger partial charge in [-0.05, 0) is 18.2 Å². The van der Waals surface area contributed by atoms with E-state index in [9.17, 15) is 19.5 Å². The van der Waals surface area contributed by atoms with Crippen molar-refractivity contribution in [1.82, 2.24) is 20.0 Å². The normalized spacial score (nSPS) is 24.8. The molecule has 8 nitrogen and oxygen atoms in total. The minimum Gasteiger partial charge on any atom is -0.477 e. The zero-order valence-corrected chi connectivity index (χ0v) is 19.9. The van der Waals surface area contributed by atoms with Crippen LogP contribution in [0.15, 0.2) is 58.2 Å². The number of β-lactam (4-membered cyclic amide) rings is 1. The number of amides is 2. The lowest BCUT2D eigenvalue weighted by molar-refractivity contribution is -0.148. The van der Waals surface area contributed by atoms with Crippen LogP contribution in [-0.4, -0.2) is 65.6 Å². The zero-order chi connectivity index (χ0) is 22.2. The van der Waals surface area contributed by atoms with Gasteiger partial charge in [0.15, 0.2) is 9.93 Å². The molecule has 2 aromatic rings. The van der Waals surface area contributed by atoms with Crippen LogP contribution in [0, 0.1) is 0 Å². The van der Waals surface area contributed by atoms with Gasteiger partial charge in [-0.2, -0.15) is 5.10 Å². The van der Waals surface area contributed by atoms with Crippen molar-refractivity contribution in [1.29, 1.82) is 0 Å². The van der Waals surface area contributed by atoms with Gasteiger partial charge in [-0.15, -0.1) is 11.8 Å². The van der Waals surface area contributed by atoms with Crippen LogP contribution < -0.4 is 5.32 Å². The molecule has 0 radical (unpaired) electrons. The molecule has 3 aliphatic rings. The van der Waals surface area contributed by atoms with Gasteiger partial charge in [0.1, 0.15) is 38.7 Å². The Morgan fingerprint density at radius 2 is 2.06 bits per heavy atom. The van der Waals surface area contributed by atoms with E-state index < -0.39 is 27.3 Å². The summed E-state index contributed by atoms with van der Waals surface area (Å²) in [4.78, 5) is 39.4. The first-order valence-electron chi connectivity index (χ1n) is 9.87. The van der Waals surface area contributed by atoms with E-state index in [-0.39, 0.29) is 16.8 Å². The molecule has 32 heavy (non-hydrogen) atoms. The molecule has 0 saturated carbocycles. The number of hydrogen-bond acceptors (Lipinski definition) is 7. The third-order valence-corrected chi connectivity index (χ3v) is 12.0. The van der Waals surface area contributed by atoms with E-state index >= 15 is 0 Å². The van der Waals surface area contributed by atoms with Crippen molar-refractivity contribution in [3.8, 4) is 5.69 Å². The molecule has 12 heteroatoms. The first kappa shape index (κ1) is 21.8. The van der Waals surface area contributed by atoms with Crippen molar-refractivity contribution in [2.75, 3.05) is 17.3 Å². The molecule has 1 aromatic carbocycles. The number of nitrogens with one attached hydrogen (secondary N) is 1. The number of nitrogens with zero attached hydrogens (tertiary/aromatic N) is 3. The average molecular weight is 508 g/mol. The fourth-order valence-corrected chi connectivity index (χ4v) is 10.1. The van der Waals surface area contributed by atoms with E-state index in [1.54, 1.807) is 21.7 Å². The highest BCUT2D eigenvalue weighted by Crippen LogP contribution is 2.45. The highest BCUT2D eigenvalue weighted by molar-refractivity contribution is 8.79. The maximum atomic E-state index is 12.9. The summed E-state index contributed by atoms with van der Waals surface area (Å²) in [5.74, 6) is 0.735. The summed E-state index contributed by atoms with van der Waals surface area (Å²) in [5, 5.41) is 17.4. The van der Waals surface area contributed by atoms with Crippen molar-refractivity contribution in [2.24, 2.45) is 0 Å². The first-order valence-corrected chi connectivity index (χ1v) is 14.6. The van der Waals surface area contributed by atoms with Crippen molar-refractivity contribution < 1.29 is 19.5 Å². The molecule has 2 fully saturated rings. The standard InChI is InChI=1S/C20H18N4O4S4/c25-17-15(22-20(28)32-10-4-9-30-32)18-23(17)16(19(26)27)13(11-29-18)31-14-7-8-21-24(14)12-5-2-1-3-6-12/h1-3,5-8,15,18H,4,9-11H2,(H-,22,26,27,28)/p+1/t15-,18-,32?/m1/s1. The van der Waals surface area contributed by atoms with Gasteiger partial charge in [0, 0.05) is 22.8 Å². The van der Waals surface area contributed by atoms with Crippen LogP contribution >= 0.6 is 34.3 Å². The molecular formula is C20H19N4O4S4+. The van der Waals surface area contributed by atoms with Crippen LogP contribution in [0.25, 0.3) is 5.69 Å². The van der Waals surface area contributed by atoms with Crippen LogP contribution in [0.2, 0.25) is 0 Å². The van der Waals surface area contributed by atoms with Crippen LogP contribution in [-0.2, 0) is 19.5 Å². The first-order chi connectivity index (χ1) is 15.5. The molecule has 2 saturated heterocycles.